The Labute approximate surface area is 205 Å². The van der Waals surface area contributed by atoms with Crippen LogP contribution in [0.1, 0.15) is 43.0 Å². The van der Waals surface area contributed by atoms with Crippen molar-refractivity contribution in [2.45, 2.75) is 6.92 Å². The van der Waals surface area contributed by atoms with Gasteiger partial charge in [-0.3, -0.25) is 9.59 Å². The number of pyridine rings is 1. The quantitative estimate of drug-likeness (QED) is 0.291. The van der Waals surface area contributed by atoms with E-state index in [4.69, 9.17) is 5.73 Å². The number of para-hydroxylation sites is 1. The third kappa shape index (κ3) is 3.63. The topological polar surface area (TPSA) is 154 Å². The highest BCUT2D eigenvalue weighted by Crippen LogP contribution is 2.39. The molecule has 0 unspecified atom stereocenters. The molecule has 1 aliphatic rings. The minimum atomic E-state index is -0.528. The fourth-order valence-electron chi connectivity index (χ4n) is 4.12. The van der Waals surface area contributed by atoms with Crippen molar-refractivity contribution in [3.63, 3.8) is 0 Å². The van der Waals surface area contributed by atoms with Gasteiger partial charge in [-0.25, -0.2) is 4.98 Å². The van der Waals surface area contributed by atoms with Crippen LogP contribution >= 0.6 is 0 Å². The third-order valence-electron chi connectivity index (χ3n) is 5.88. The number of nitrogens with two attached hydrogens (primary N) is 1. The molecule has 4 aromatic rings. The highest BCUT2D eigenvalue weighted by Gasteiger charge is 2.33. The molecule has 3 aromatic carbocycles. The van der Waals surface area contributed by atoms with Crippen LogP contribution in [0, 0.1) is 18.3 Å². The first-order valence-corrected chi connectivity index (χ1v) is 10.9. The molecule has 1 heterocycles. The minimum Gasteiger partial charge on any atom is -0.507 e. The molecule has 1 aromatic heterocycles. The van der Waals surface area contributed by atoms with Gasteiger partial charge >= 0.3 is 0 Å². The number of nitriles is 1. The van der Waals surface area contributed by atoms with Gasteiger partial charge in [-0.05, 0) is 31.2 Å². The Hall–Kier alpha value is -5.36. The number of hydrogen-bond acceptors (Lipinski definition) is 9. The summed E-state index contributed by atoms with van der Waals surface area (Å²) in [4.78, 5) is 30.7. The van der Waals surface area contributed by atoms with E-state index >= 15 is 0 Å². The number of rotatable bonds is 4. The first kappa shape index (κ1) is 22.4. The van der Waals surface area contributed by atoms with E-state index in [0.717, 1.165) is 5.69 Å². The molecule has 0 radical (unpaired) electrons. The van der Waals surface area contributed by atoms with E-state index in [1.807, 2.05) is 36.4 Å². The number of nitrogen functional groups attached to an aromatic ring is 1. The van der Waals surface area contributed by atoms with E-state index in [1.54, 1.807) is 19.1 Å². The summed E-state index contributed by atoms with van der Waals surface area (Å²) in [5, 5.41) is 31.6. The number of ketones is 2. The van der Waals surface area contributed by atoms with Gasteiger partial charge in [0.2, 0.25) is 0 Å². The van der Waals surface area contributed by atoms with E-state index < -0.39 is 11.6 Å². The van der Waals surface area contributed by atoms with Crippen LogP contribution in [0.25, 0.3) is 0 Å². The molecule has 0 bridgehead atoms. The average Bonchev–Trinajstić information content (AvgIpc) is 2.87. The van der Waals surface area contributed by atoms with Crippen molar-refractivity contribution in [2.75, 3.05) is 11.1 Å². The van der Waals surface area contributed by atoms with E-state index in [1.165, 1.54) is 24.3 Å². The molecule has 174 valence electrons. The molecule has 0 saturated carbocycles. The van der Waals surface area contributed by atoms with Gasteiger partial charge in [0.25, 0.3) is 0 Å². The molecular formula is C27H18N6O3. The normalized spacial score (nSPS) is 12.2. The lowest BCUT2D eigenvalue weighted by Crippen LogP contribution is -2.21. The Balaban J connectivity index is 1.64. The van der Waals surface area contributed by atoms with Crippen LogP contribution < -0.4 is 11.1 Å². The highest BCUT2D eigenvalue weighted by molar-refractivity contribution is 6.30. The number of benzene rings is 3. The summed E-state index contributed by atoms with van der Waals surface area (Å²) < 4.78 is 0. The summed E-state index contributed by atoms with van der Waals surface area (Å²) in [5.74, 6) is -0.892. The second-order valence-electron chi connectivity index (χ2n) is 8.05. The number of nitrogens with zero attached hydrogens (tertiary/aromatic N) is 4. The standard InChI is InChI=1S/C27H18N6O3/c1-14-18(13-28)26(29)31-27(30-15-7-3-2-4-8-15)23(14)33-32-19-11-5-9-16-21(19)25(36)22-17(24(16)35)10-6-12-20(22)34/h2-12,34H,1H3,(H3,29,30,31). The molecule has 0 amide bonds. The zero-order chi connectivity index (χ0) is 25.4. The van der Waals surface area contributed by atoms with Crippen LogP contribution in [0.3, 0.4) is 0 Å². The third-order valence-corrected chi connectivity index (χ3v) is 5.88. The van der Waals surface area contributed by atoms with Gasteiger partial charge in [0.15, 0.2) is 17.4 Å². The first-order valence-electron chi connectivity index (χ1n) is 10.9. The highest BCUT2D eigenvalue weighted by atomic mass is 16.3. The van der Waals surface area contributed by atoms with Crippen LogP contribution in [0.15, 0.2) is 77.0 Å². The van der Waals surface area contributed by atoms with Gasteiger partial charge < -0.3 is 16.2 Å². The van der Waals surface area contributed by atoms with E-state index in [-0.39, 0.29) is 56.6 Å². The molecule has 0 spiro atoms. The van der Waals surface area contributed by atoms with Crippen LogP contribution in [0.5, 0.6) is 5.75 Å². The predicted molar refractivity (Wildman–Crippen MR) is 133 cm³/mol. The first-order chi connectivity index (χ1) is 17.4. The second-order valence-corrected chi connectivity index (χ2v) is 8.05. The smallest absolute Gasteiger partial charge is 0.200 e. The number of fused-ring (bicyclic) bond motifs is 2. The molecule has 5 rings (SSSR count). The molecule has 9 heteroatoms. The molecule has 1 aliphatic carbocycles. The van der Waals surface area contributed by atoms with Crippen LogP contribution in [0.4, 0.5) is 28.7 Å². The van der Waals surface area contributed by atoms with Gasteiger partial charge in [-0.1, -0.05) is 42.5 Å². The second kappa shape index (κ2) is 8.77. The Morgan fingerprint density at radius 3 is 2.33 bits per heavy atom. The Morgan fingerprint density at radius 2 is 1.61 bits per heavy atom. The van der Waals surface area contributed by atoms with Gasteiger partial charge in [0, 0.05) is 22.4 Å². The Bertz CT molecular complexity index is 1640. The van der Waals surface area contributed by atoms with Gasteiger partial charge in [0.05, 0.1) is 22.4 Å². The SMILES string of the molecule is Cc1c(C#N)c(N)nc(Nc2ccccc2)c1N=Nc1cccc2c1C(=O)c1c(O)cccc1C2=O. The number of anilines is 3. The number of hydrogen-bond donors (Lipinski definition) is 3. The lowest BCUT2D eigenvalue weighted by atomic mass is 9.83. The lowest BCUT2D eigenvalue weighted by Gasteiger charge is -2.19. The monoisotopic (exact) mass is 474 g/mol. The summed E-state index contributed by atoms with van der Waals surface area (Å²) >= 11 is 0. The van der Waals surface area contributed by atoms with Crippen molar-refractivity contribution in [2.24, 2.45) is 10.2 Å². The summed E-state index contributed by atoms with van der Waals surface area (Å²) in [6.45, 7) is 1.67. The summed E-state index contributed by atoms with van der Waals surface area (Å²) in [6.07, 6.45) is 0. The molecule has 9 nitrogen and oxygen atoms in total. The van der Waals surface area contributed by atoms with Crippen molar-refractivity contribution in [1.29, 1.82) is 5.26 Å². The number of nitrogens with one attached hydrogen (secondary N) is 1. The van der Waals surface area contributed by atoms with E-state index in [9.17, 15) is 20.0 Å². The van der Waals surface area contributed by atoms with Crippen molar-refractivity contribution in [3.8, 4) is 11.8 Å². The number of aromatic hydroxyl groups is 1. The largest absolute Gasteiger partial charge is 0.507 e. The van der Waals surface area contributed by atoms with Crippen molar-refractivity contribution < 1.29 is 14.7 Å². The van der Waals surface area contributed by atoms with Crippen LogP contribution in [0.2, 0.25) is 0 Å². The Morgan fingerprint density at radius 1 is 0.917 bits per heavy atom. The van der Waals surface area contributed by atoms with Crippen molar-refractivity contribution in [3.05, 3.63) is 100 Å². The molecular weight excluding hydrogens is 456 g/mol. The van der Waals surface area contributed by atoms with Crippen molar-refractivity contribution in [1.82, 2.24) is 4.98 Å². The molecule has 36 heavy (non-hydrogen) atoms. The van der Waals surface area contributed by atoms with Gasteiger partial charge in [-0.2, -0.15) is 5.26 Å². The molecule has 0 atom stereocenters. The van der Waals surface area contributed by atoms with Crippen LogP contribution in [-0.4, -0.2) is 21.7 Å². The summed E-state index contributed by atoms with van der Waals surface area (Å²) in [7, 11) is 0. The lowest BCUT2D eigenvalue weighted by molar-refractivity contribution is 0.0977. The number of carbonyl (C=O) groups is 2. The number of aromatic nitrogens is 1. The molecule has 4 N–H and O–H groups in total. The maximum atomic E-state index is 13.3. The van der Waals surface area contributed by atoms with Crippen LogP contribution in [-0.2, 0) is 0 Å². The summed E-state index contributed by atoms with van der Waals surface area (Å²) in [5.41, 5.74) is 7.98. The van der Waals surface area contributed by atoms with Gasteiger partial charge in [-0.15, -0.1) is 10.2 Å². The van der Waals surface area contributed by atoms with Gasteiger partial charge in [0.1, 0.15) is 23.3 Å². The maximum Gasteiger partial charge on any atom is 0.200 e. The van der Waals surface area contributed by atoms with E-state index in [2.05, 4.69) is 20.5 Å². The zero-order valence-electron chi connectivity index (χ0n) is 19.0. The predicted octanol–water partition coefficient (Wildman–Crippen LogP) is 5.48. The van der Waals surface area contributed by atoms with Crippen molar-refractivity contribution >= 4 is 40.3 Å². The summed E-state index contributed by atoms with van der Waals surface area (Å²) in [6, 6.07) is 20.3. The van der Waals surface area contributed by atoms with E-state index in [0.29, 0.717) is 5.56 Å². The fraction of sp³-hybridized carbons (Fsp3) is 0.0370. The Kier molecular flexibility index (Phi) is 5.47. The maximum absolute atomic E-state index is 13.3. The fourth-order valence-corrected chi connectivity index (χ4v) is 4.12. The average molecular weight is 474 g/mol. The molecule has 0 fully saturated rings. The zero-order valence-corrected chi connectivity index (χ0v) is 19.0. The number of azo groups is 1. The minimum absolute atomic E-state index is 0.0392. The number of phenols is 1. The molecule has 0 saturated heterocycles. The molecule has 0 aliphatic heterocycles. The number of phenolic OH excluding ortho intramolecular Hbond substituents is 1. The number of carbonyl (C=O) groups excluding carboxylic acids is 2.